The summed E-state index contributed by atoms with van der Waals surface area (Å²) >= 11 is 0. The summed E-state index contributed by atoms with van der Waals surface area (Å²) in [6.07, 6.45) is 3.92. The Morgan fingerprint density at radius 2 is 1.88 bits per heavy atom. The van der Waals surface area contributed by atoms with Crippen molar-refractivity contribution in [1.29, 1.82) is 0 Å². The van der Waals surface area contributed by atoms with Gasteiger partial charge in [-0.05, 0) is 79.0 Å². The molecule has 0 radical (unpaired) electrons. The zero-order valence-corrected chi connectivity index (χ0v) is 13.7. The van der Waals surface area contributed by atoms with Crippen molar-refractivity contribution in [2.24, 2.45) is 17.8 Å². The van der Waals surface area contributed by atoms with Crippen LogP contribution in [0.25, 0.3) is 0 Å². The van der Waals surface area contributed by atoms with Gasteiger partial charge in [0, 0.05) is 12.5 Å². The summed E-state index contributed by atoms with van der Waals surface area (Å²) < 4.78 is 0. The molecule has 6 atom stereocenters. The van der Waals surface area contributed by atoms with Crippen LogP contribution in [0.5, 0.6) is 5.75 Å². The second kappa shape index (κ2) is 5.96. The van der Waals surface area contributed by atoms with Gasteiger partial charge in [0.25, 0.3) is 0 Å². The third-order valence-corrected chi connectivity index (χ3v) is 6.68. The molecule has 0 spiro atoms. The quantitative estimate of drug-likeness (QED) is 0.670. The van der Waals surface area contributed by atoms with E-state index in [0.29, 0.717) is 30.2 Å². The molecule has 0 bridgehead atoms. The number of carboxylic acid groups (broad SMARTS) is 1. The summed E-state index contributed by atoms with van der Waals surface area (Å²) in [4.78, 5) is 10.9. The number of aromatic hydroxyl groups is 1. The van der Waals surface area contributed by atoms with E-state index in [1.165, 1.54) is 5.56 Å². The molecule has 1 amide bonds. The summed E-state index contributed by atoms with van der Waals surface area (Å²) in [5, 5.41) is 31.7. The molecule has 1 aromatic carbocycles. The van der Waals surface area contributed by atoms with Crippen molar-refractivity contribution in [2.45, 2.75) is 50.0 Å². The average molecular weight is 331 g/mol. The van der Waals surface area contributed by atoms with Crippen LogP contribution in [0, 0.1) is 17.8 Å². The normalized spacial score (nSPS) is 37.2. The van der Waals surface area contributed by atoms with Crippen molar-refractivity contribution in [2.75, 3.05) is 6.54 Å². The fraction of sp³-hybridized carbons (Fsp3) is 0.632. The van der Waals surface area contributed by atoms with Crippen molar-refractivity contribution in [1.82, 2.24) is 5.32 Å². The van der Waals surface area contributed by atoms with E-state index in [4.69, 9.17) is 5.11 Å². The number of benzene rings is 1. The highest BCUT2D eigenvalue weighted by Crippen LogP contribution is 2.57. The van der Waals surface area contributed by atoms with E-state index < -0.39 is 6.09 Å². The lowest BCUT2D eigenvalue weighted by molar-refractivity contribution is 0.0529. The fourth-order valence-electron chi connectivity index (χ4n) is 5.74. The topological polar surface area (TPSA) is 89.8 Å². The predicted molar refractivity (Wildman–Crippen MR) is 89.2 cm³/mol. The van der Waals surface area contributed by atoms with Crippen LogP contribution < -0.4 is 5.32 Å². The van der Waals surface area contributed by atoms with Crippen LogP contribution in [-0.4, -0.2) is 34.1 Å². The van der Waals surface area contributed by atoms with E-state index >= 15 is 0 Å². The molecular formula is C19H25NO4. The van der Waals surface area contributed by atoms with Crippen molar-refractivity contribution in [3.63, 3.8) is 0 Å². The fourth-order valence-corrected chi connectivity index (χ4v) is 5.74. The van der Waals surface area contributed by atoms with Gasteiger partial charge in [-0.2, -0.15) is 0 Å². The van der Waals surface area contributed by atoms with Crippen LogP contribution in [0.2, 0.25) is 0 Å². The Labute approximate surface area is 141 Å². The molecule has 4 rings (SSSR count). The van der Waals surface area contributed by atoms with Gasteiger partial charge in [-0.25, -0.2) is 4.79 Å². The maximum absolute atomic E-state index is 10.9. The van der Waals surface area contributed by atoms with E-state index in [9.17, 15) is 15.0 Å². The van der Waals surface area contributed by atoms with Crippen LogP contribution in [0.1, 0.15) is 55.1 Å². The minimum atomic E-state index is -1.00. The van der Waals surface area contributed by atoms with Gasteiger partial charge in [0.2, 0.25) is 0 Å². The smallest absolute Gasteiger partial charge is 0.404 e. The number of rotatable bonds is 2. The Kier molecular flexibility index (Phi) is 3.91. The van der Waals surface area contributed by atoms with Crippen LogP contribution in [0.4, 0.5) is 4.79 Å². The number of phenols is 1. The number of carbonyl (C=O) groups is 1. The van der Waals surface area contributed by atoms with Gasteiger partial charge in [0.1, 0.15) is 5.75 Å². The van der Waals surface area contributed by atoms with Crippen molar-refractivity contribution >= 4 is 6.09 Å². The summed E-state index contributed by atoms with van der Waals surface area (Å²) in [7, 11) is 0. The molecule has 5 nitrogen and oxygen atoms in total. The number of hydrogen-bond acceptors (Lipinski definition) is 3. The van der Waals surface area contributed by atoms with Crippen LogP contribution >= 0.6 is 0 Å². The molecule has 3 aliphatic carbocycles. The maximum Gasteiger partial charge on any atom is 0.404 e. The third kappa shape index (κ3) is 2.55. The maximum atomic E-state index is 10.9. The predicted octanol–water partition coefficient (Wildman–Crippen LogP) is 3.03. The number of aliphatic hydroxyl groups is 1. The number of hydrogen-bond donors (Lipinski definition) is 4. The lowest BCUT2D eigenvalue weighted by Gasteiger charge is -2.47. The molecule has 24 heavy (non-hydrogen) atoms. The van der Waals surface area contributed by atoms with Crippen LogP contribution in [0.15, 0.2) is 18.2 Å². The minimum Gasteiger partial charge on any atom is -0.508 e. The Bertz CT molecular complexity index is 646. The first-order valence-corrected chi connectivity index (χ1v) is 9.02. The molecule has 2 saturated carbocycles. The van der Waals surface area contributed by atoms with Gasteiger partial charge in [-0.1, -0.05) is 6.07 Å². The van der Waals surface area contributed by atoms with Crippen molar-refractivity contribution in [3.8, 4) is 5.75 Å². The summed E-state index contributed by atoms with van der Waals surface area (Å²) in [6.45, 7) is 0.384. The monoisotopic (exact) mass is 331 g/mol. The third-order valence-electron chi connectivity index (χ3n) is 6.68. The molecule has 2 fully saturated rings. The molecule has 0 heterocycles. The standard InChI is InChI=1S/C19H25NO4/c21-11-1-2-12-13-3-4-15-14(5-6-18(15)22)17(13)7-10(16(12)8-11)9-20-19(23)24/h1-2,8,10,13-15,17-18,20-22H,3-7,9H2,(H,23,24)/t10-,13+,14+,15?,17+,18-/m0/s1. The molecule has 130 valence electrons. The molecule has 1 unspecified atom stereocenters. The van der Waals surface area contributed by atoms with Crippen LogP contribution in [-0.2, 0) is 0 Å². The van der Waals surface area contributed by atoms with Crippen molar-refractivity contribution in [3.05, 3.63) is 29.3 Å². The largest absolute Gasteiger partial charge is 0.508 e. The Morgan fingerprint density at radius 3 is 2.67 bits per heavy atom. The first-order valence-electron chi connectivity index (χ1n) is 9.02. The van der Waals surface area contributed by atoms with Crippen molar-refractivity contribution < 1.29 is 20.1 Å². The first-order chi connectivity index (χ1) is 11.5. The first kappa shape index (κ1) is 15.8. The van der Waals surface area contributed by atoms with Gasteiger partial charge in [-0.3, -0.25) is 0 Å². The van der Waals surface area contributed by atoms with E-state index in [1.54, 1.807) is 6.07 Å². The zero-order chi connectivity index (χ0) is 16.8. The Balaban J connectivity index is 1.68. The second-order valence-electron chi connectivity index (χ2n) is 7.75. The highest BCUT2D eigenvalue weighted by Gasteiger charge is 2.49. The summed E-state index contributed by atoms with van der Waals surface area (Å²) in [6, 6.07) is 5.59. The van der Waals surface area contributed by atoms with E-state index in [0.717, 1.165) is 37.7 Å². The molecular weight excluding hydrogens is 306 g/mol. The number of aliphatic hydroxyl groups excluding tert-OH is 1. The van der Waals surface area contributed by atoms with Gasteiger partial charge in [0.05, 0.1) is 6.10 Å². The number of fused-ring (bicyclic) bond motifs is 5. The molecule has 0 saturated heterocycles. The van der Waals surface area contributed by atoms with E-state index in [1.807, 2.05) is 12.1 Å². The van der Waals surface area contributed by atoms with Gasteiger partial charge in [0.15, 0.2) is 0 Å². The Morgan fingerprint density at radius 1 is 1.08 bits per heavy atom. The number of nitrogens with one attached hydrogen (secondary N) is 1. The molecule has 5 heteroatoms. The summed E-state index contributed by atoms with van der Waals surface area (Å²) in [5.41, 5.74) is 2.38. The molecule has 4 N–H and O–H groups in total. The second-order valence-corrected chi connectivity index (χ2v) is 7.75. The van der Waals surface area contributed by atoms with E-state index in [-0.39, 0.29) is 17.8 Å². The highest BCUT2D eigenvalue weighted by atomic mass is 16.4. The zero-order valence-electron chi connectivity index (χ0n) is 13.7. The molecule has 0 aromatic heterocycles. The SMILES string of the molecule is O=C(O)NC[C@@H]1C[C@@H]2[C@H](CCC3[C@H]2CC[C@@H]3O)c2ccc(O)cc21. The minimum absolute atomic E-state index is 0.0981. The molecule has 1 aromatic rings. The number of amides is 1. The molecule has 0 aliphatic heterocycles. The lowest BCUT2D eigenvalue weighted by atomic mass is 9.58. The van der Waals surface area contributed by atoms with Crippen LogP contribution in [0.3, 0.4) is 0 Å². The van der Waals surface area contributed by atoms with Gasteiger partial charge < -0.3 is 20.6 Å². The highest BCUT2D eigenvalue weighted by molar-refractivity contribution is 5.64. The lowest BCUT2D eigenvalue weighted by Crippen LogP contribution is -2.40. The van der Waals surface area contributed by atoms with Gasteiger partial charge >= 0.3 is 6.09 Å². The van der Waals surface area contributed by atoms with E-state index in [2.05, 4.69) is 5.32 Å². The average Bonchev–Trinajstić information content (AvgIpc) is 2.94. The summed E-state index contributed by atoms with van der Waals surface area (Å²) in [5.74, 6) is 2.30. The van der Waals surface area contributed by atoms with Gasteiger partial charge in [-0.15, -0.1) is 0 Å². The number of phenolic OH excluding ortho intramolecular Hbond substituents is 1. The molecule has 3 aliphatic rings. The Hall–Kier alpha value is -1.75.